The minimum Gasteiger partial charge on any atom is -0.489 e. The third-order valence-electron chi connectivity index (χ3n) is 5.16. The molecule has 170 valence electrons. The quantitative estimate of drug-likeness (QED) is 0.593. The highest BCUT2D eigenvalue weighted by Gasteiger charge is 2.44. The van der Waals surface area contributed by atoms with Gasteiger partial charge in [0.05, 0.1) is 13.0 Å². The first-order valence-corrected chi connectivity index (χ1v) is 11.5. The SMILES string of the molecule is O=C1C[C@H](NS(=O)(=O)N2CCC(Oc3ccc(F)cc3)C2)C(=O)N1OCc1ccccc1. The van der Waals surface area contributed by atoms with Gasteiger partial charge in [0.25, 0.3) is 22.0 Å². The summed E-state index contributed by atoms with van der Waals surface area (Å²) in [6, 6.07) is 13.2. The van der Waals surface area contributed by atoms with Crippen molar-refractivity contribution in [2.75, 3.05) is 13.1 Å². The minimum absolute atomic E-state index is 0.00627. The first-order valence-electron chi connectivity index (χ1n) is 10.0. The number of benzene rings is 2. The first kappa shape index (κ1) is 22.3. The number of carbonyl (C=O) groups excluding carboxylic acids is 2. The summed E-state index contributed by atoms with van der Waals surface area (Å²) >= 11 is 0. The predicted octanol–water partition coefficient (Wildman–Crippen LogP) is 1.37. The van der Waals surface area contributed by atoms with Crippen molar-refractivity contribution in [1.29, 1.82) is 0 Å². The Morgan fingerprint density at radius 1 is 1.06 bits per heavy atom. The van der Waals surface area contributed by atoms with E-state index in [4.69, 9.17) is 9.57 Å². The summed E-state index contributed by atoms with van der Waals surface area (Å²) in [5.41, 5.74) is 0.765. The van der Waals surface area contributed by atoms with Gasteiger partial charge >= 0.3 is 0 Å². The molecule has 2 aliphatic heterocycles. The molecule has 0 aliphatic carbocycles. The lowest BCUT2D eigenvalue weighted by Gasteiger charge is -2.20. The van der Waals surface area contributed by atoms with Crippen molar-refractivity contribution in [1.82, 2.24) is 14.1 Å². The number of carbonyl (C=O) groups is 2. The molecular weight excluding hydrogens is 441 g/mol. The molecule has 0 aromatic heterocycles. The van der Waals surface area contributed by atoms with Gasteiger partial charge in [-0.05, 0) is 36.2 Å². The number of nitrogens with one attached hydrogen (secondary N) is 1. The maximum absolute atomic E-state index is 13.0. The summed E-state index contributed by atoms with van der Waals surface area (Å²) in [5, 5.41) is 0.616. The average molecular weight is 463 g/mol. The Morgan fingerprint density at radius 3 is 2.50 bits per heavy atom. The Bertz CT molecular complexity index is 1080. The van der Waals surface area contributed by atoms with Gasteiger partial charge in [0, 0.05) is 6.54 Å². The predicted molar refractivity (Wildman–Crippen MR) is 111 cm³/mol. The van der Waals surface area contributed by atoms with E-state index in [1.807, 2.05) is 6.07 Å². The van der Waals surface area contributed by atoms with E-state index in [0.29, 0.717) is 17.2 Å². The summed E-state index contributed by atoms with van der Waals surface area (Å²) in [6.45, 7) is 0.256. The van der Waals surface area contributed by atoms with E-state index in [1.165, 1.54) is 24.3 Å². The van der Waals surface area contributed by atoms with E-state index < -0.39 is 40.0 Å². The van der Waals surface area contributed by atoms with E-state index in [9.17, 15) is 22.4 Å². The number of hydroxylamine groups is 2. The number of nitrogens with zero attached hydrogens (tertiary/aromatic N) is 2. The fourth-order valence-corrected chi connectivity index (χ4v) is 4.92. The zero-order valence-electron chi connectivity index (χ0n) is 17.0. The normalized spacial score (nSPS) is 22.0. The van der Waals surface area contributed by atoms with Crippen molar-refractivity contribution in [2.45, 2.75) is 31.6 Å². The number of halogens is 1. The van der Waals surface area contributed by atoms with E-state index in [-0.39, 0.29) is 26.1 Å². The third-order valence-corrected chi connectivity index (χ3v) is 6.76. The molecule has 0 spiro atoms. The summed E-state index contributed by atoms with van der Waals surface area (Å²) < 4.78 is 47.7. The van der Waals surface area contributed by atoms with Crippen LogP contribution in [0.25, 0.3) is 0 Å². The third kappa shape index (κ3) is 5.13. The second kappa shape index (κ2) is 9.33. The highest BCUT2D eigenvalue weighted by Crippen LogP contribution is 2.22. The molecule has 2 aromatic carbocycles. The standard InChI is InChI=1S/C21H22FN3O6S/c22-16-6-8-17(9-7-16)31-18-10-11-24(13-18)32(28,29)23-19-12-20(26)25(21(19)27)30-14-15-4-2-1-3-5-15/h1-9,18-19,23H,10-14H2/t18?,19-/m0/s1. The zero-order valence-corrected chi connectivity index (χ0v) is 17.8. The van der Waals surface area contributed by atoms with Crippen LogP contribution in [-0.4, -0.2) is 54.8 Å². The van der Waals surface area contributed by atoms with Crippen LogP contribution >= 0.6 is 0 Å². The van der Waals surface area contributed by atoms with Gasteiger partial charge in [-0.3, -0.25) is 14.4 Å². The molecule has 32 heavy (non-hydrogen) atoms. The van der Waals surface area contributed by atoms with Crippen molar-refractivity contribution in [3.8, 4) is 5.75 Å². The van der Waals surface area contributed by atoms with Gasteiger partial charge in [-0.2, -0.15) is 22.5 Å². The van der Waals surface area contributed by atoms with Crippen molar-refractivity contribution in [2.24, 2.45) is 0 Å². The van der Waals surface area contributed by atoms with E-state index in [0.717, 1.165) is 9.87 Å². The topological polar surface area (TPSA) is 105 Å². The highest BCUT2D eigenvalue weighted by atomic mass is 32.2. The fraction of sp³-hybridized carbons (Fsp3) is 0.333. The molecule has 2 saturated heterocycles. The van der Waals surface area contributed by atoms with Crippen LogP contribution in [-0.2, 0) is 31.2 Å². The first-order chi connectivity index (χ1) is 15.3. The van der Waals surface area contributed by atoms with E-state index >= 15 is 0 Å². The summed E-state index contributed by atoms with van der Waals surface area (Å²) in [5.74, 6) is -1.33. The number of rotatable bonds is 8. The van der Waals surface area contributed by atoms with Crippen molar-refractivity contribution < 1.29 is 32.0 Å². The lowest BCUT2D eigenvalue weighted by Crippen LogP contribution is -2.48. The fourth-order valence-electron chi connectivity index (χ4n) is 3.52. The Labute approximate surface area is 184 Å². The second-order valence-corrected chi connectivity index (χ2v) is 9.21. The summed E-state index contributed by atoms with van der Waals surface area (Å²) in [7, 11) is -4.03. The molecule has 2 heterocycles. The number of amides is 2. The molecule has 0 saturated carbocycles. The molecule has 0 bridgehead atoms. The van der Waals surface area contributed by atoms with Gasteiger partial charge in [-0.15, -0.1) is 0 Å². The molecule has 11 heteroatoms. The molecule has 4 rings (SSSR count). The van der Waals surface area contributed by atoms with Gasteiger partial charge in [0.2, 0.25) is 0 Å². The summed E-state index contributed by atoms with van der Waals surface area (Å²) in [6.07, 6.45) is -0.304. The second-order valence-electron chi connectivity index (χ2n) is 7.51. The molecule has 2 aromatic rings. The number of hydrogen-bond donors (Lipinski definition) is 1. The molecular formula is C21H22FN3O6S. The molecule has 0 radical (unpaired) electrons. The smallest absolute Gasteiger partial charge is 0.280 e. The van der Waals surface area contributed by atoms with Crippen LogP contribution in [0.5, 0.6) is 5.75 Å². The van der Waals surface area contributed by atoms with Gasteiger partial charge in [-0.1, -0.05) is 30.3 Å². The average Bonchev–Trinajstić information content (AvgIpc) is 3.34. The maximum atomic E-state index is 13.0. The Hall–Kier alpha value is -2.86. The zero-order chi connectivity index (χ0) is 22.7. The number of hydrogen-bond acceptors (Lipinski definition) is 6. The van der Waals surface area contributed by atoms with Crippen LogP contribution in [0.1, 0.15) is 18.4 Å². The monoisotopic (exact) mass is 463 g/mol. The van der Waals surface area contributed by atoms with E-state index in [2.05, 4.69) is 4.72 Å². The van der Waals surface area contributed by atoms with Crippen molar-refractivity contribution in [3.63, 3.8) is 0 Å². The van der Waals surface area contributed by atoms with Crippen LogP contribution in [0.2, 0.25) is 0 Å². The molecule has 2 amide bonds. The highest BCUT2D eigenvalue weighted by molar-refractivity contribution is 7.87. The number of ether oxygens (including phenoxy) is 1. The van der Waals surface area contributed by atoms with Crippen LogP contribution in [0.3, 0.4) is 0 Å². The Morgan fingerprint density at radius 2 is 1.78 bits per heavy atom. The van der Waals surface area contributed by atoms with Crippen LogP contribution in [0, 0.1) is 5.82 Å². The maximum Gasteiger partial charge on any atom is 0.280 e. The largest absolute Gasteiger partial charge is 0.489 e. The van der Waals surface area contributed by atoms with Gasteiger partial charge in [-0.25, -0.2) is 4.39 Å². The van der Waals surface area contributed by atoms with Crippen molar-refractivity contribution in [3.05, 3.63) is 66.0 Å². The van der Waals surface area contributed by atoms with Crippen LogP contribution < -0.4 is 9.46 Å². The van der Waals surface area contributed by atoms with Gasteiger partial charge < -0.3 is 4.74 Å². The molecule has 9 nitrogen and oxygen atoms in total. The summed E-state index contributed by atoms with van der Waals surface area (Å²) in [4.78, 5) is 30.0. The molecule has 2 fully saturated rings. The van der Waals surface area contributed by atoms with Crippen LogP contribution in [0.4, 0.5) is 4.39 Å². The molecule has 1 N–H and O–H groups in total. The van der Waals surface area contributed by atoms with E-state index in [1.54, 1.807) is 24.3 Å². The minimum atomic E-state index is -4.03. The van der Waals surface area contributed by atoms with Gasteiger partial charge in [0.15, 0.2) is 0 Å². The molecule has 2 aliphatic rings. The molecule has 2 atom stereocenters. The lowest BCUT2D eigenvalue weighted by atomic mass is 10.2. The lowest BCUT2D eigenvalue weighted by molar-refractivity contribution is -0.191. The van der Waals surface area contributed by atoms with Gasteiger partial charge in [0.1, 0.15) is 30.3 Å². The Kier molecular flexibility index (Phi) is 6.51. The Balaban J connectivity index is 1.32. The molecule has 1 unspecified atom stereocenters. The van der Waals surface area contributed by atoms with Crippen LogP contribution in [0.15, 0.2) is 54.6 Å². The number of imide groups is 1. The van der Waals surface area contributed by atoms with Crippen molar-refractivity contribution >= 4 is 22.0 Å².